The molecule has 0 bridgehead atoms. The van der Waals surface area contributed by atoms with Crippen molar-refractivity contribution in [2.45, 2.75) is 191 Å². The van der Waals surface area contributed by atoms with Crippen LogP contribution in [0.4, 0.5) is 0 Å². The maximum atomic E-state index is 12.6. The van der Waals surface area contributed by atoms with Crippen molar-refractivity contribution in [1.29, 1.82) is 0 Å². The van der Waals surface area contributed by atoms with Crippen LogP contribution in [0.25, 0.3) is 0 Å². The Kier molecular flexibility index (Phi) is 12.9. The Morgan fingerprint density at radius 1 is 0.789 bits per heavy atom. The highest BCUT2D eigenvalue weighted by Crippen LogP contribution is 2.76. The van der Waals surface area contributed by atoms with E-state index in [2.05, 4.69) is 27.4 Å². The first-order valence-corrected chi connectivity index (χ1v) is 21.1. The summed E-state index contributed by atoms with van der Waals surface area (Å²) in [5, 5.41) is 120. The van der Waals surface area contributed by atoms with E-state index in [0.29, 0.717) is 44.1 Å². The minimum atomic E-state index is -1.66. The Labute approximate surface area is 336 Å². The molecule has 2 heterocycles. The van der Waals surface area contributed by atoms with Crippen LogP contribution < -0.4 is 0 Å². The van der Waals surface area contributed by atoms with Crippen molar-refractivity contribution in [3.8, 4) is 0 Å². The number of fused-ring (bicyclic) bond motifs is 5. The average molecular weight is 817 g/mol. The van der Waals surface area contributed by atoms with Gasteiger partial charge in [-0.25, -0.2) is 0 Å². The molecule has 6 fully saturated rings. The van der Waals surface area contributed by atoms with Gasteiger partial charge in [0.05, 0.1) is 43.2 Å². The van der Waals surface area contributed by atoms with Crippen molar-refractivity contribution in [1.82, 2.24) is 0 Å². The van der Waals surface area contributed by atoms with Gasteiger partial charge in [-0.1, -0.05) is 46.8 Å². The summed E-state index contributed by atoms with van der Waals surface area (Å²) in [4.78, 5) is 0. The van der Waals surface area contributed by atoms with Gasteiger partial charge in [0.25, 0.3) is 0 Å². The molecule has 0 aromatic heterocycles. The highest BCUT2D eigenvalue weighted by atomic mass is 16.7. The van der Waals surface area contributed by atoms with Gasteiger partial charge < -0.3 is 75.1 Å². The van der Waals surface area contributed by atoms with Gasteiger partial charge >= 0.3 is 0 Å². The first kappa shape index (κ1) is 45.7. The van der Waals surface area contributed by atoms with Crippen LogP contribution >= 0.6 is 0 Å². The minimum Gasteiger partial charge on any atom is -0.394 e. The van der Waals surface area contributed by atoms with E-state index in [-0.39, 0.29) is 36.5 Å². The molecule has 0 spiro atoms. The standard InChI is InChI=1S/C42H72O15/c1-19(2)21(45)10-14-42(8,57-37-34(53)32(51)30(49)25(18-44)56-37)20-9-13-40(6)28(20)22(46)15-26-39(5)12-11-27(47)38(3,4)35(39)23(16-41(26,40)7)54-36-33(52)31(50)29(48)24(17-43)55-36/h20-37,43-53H,1,9-18H2,2-8H3/t20-,21+,22+,23-,24+,25+,26+,27-,28-,29+,30+,31-,32-,33+,34+,35-,36+,37-,39+,40+,41+,42-/m0/s1. The molecule has 6 rings (SSSR count). The summed E-state index contributed by atoms with van der Waals surface area (Å²) in [7, 11) is 0. The van der Waals surface area contributed by atoms with Crippen LogP contribution in [0, 0.1) is 45.3 Å². The molecule has 4 saturated carbocycles. The van der Waals surface area contributed by atoms with E-state index in [0.717, 1.165) is 0 Å². The zero-order chi connectivity index (χ0) is 42.4. The summed E-state index contributed by atoms with van der Waals surface area (Å²) >= 11 is 0. The summed E-state index contributed by atoms with van der Waals surface area (Å²) < 4.78 is 25.3. The first-order chi connectivity index (χ1) is 26.4. The first-order valence-electron chi connectivity index (χ1n) is 21.1. The molecule has 2 saturated heterocycles. The molecule has 15 heteroatoms. The Morgan fingerprint density at radius 2 is 1.35 bits per heavy atom. The van der Waals surface area contributed by atoms with Gasteiger partial charge in [-0.05, 0) is 111 Å². The third-order valence-corrected chi connectivity index (χ3v) is 16.9. The molecule has 0 aromatic rings. The molecule has 6 aliphatic rings. The van der Waals surface area contributed by atoms with Crippen LogP contribution in [0.2, 0.25) is 0 Å². The monoisotopic (exact) mass is 816 g/mol. The maximum absolute atomic E-state index is 12.6. The second kappa shape index (κ2) is 16.1. The van der Waals surface area contributed by atoms with E-state index in [1.54, 1.807) is 6.92 Å². The molecule has 0 radical (unpaired) electrons. The Hall–Kier alpha value is -0.860. The molecule has 2 aliphatic heterocycles. The van der Waals surface area contributed by atoms with Gasteiger partial charge in [-0.2, -0.15) is 0 Å². The Bertz CT molecular complexity index is 1430. The van der Waals surface area contributed by atoms with Gasteiger partial charge in [-0.15, -0.1) is 0 Å². The van der Waals surface area contributed by atoms with Gasteiger partial charge in [0.15, 0.2) is 12.6 Å². The molecule has 0 aromatic carbocycles. The van der Waals surface area contributed by atoms with E-state index in [9.17, 15) is 56.2 Å². The number of aliphatic hydroxyl groups is 11. The largest absolute Gasteiger partial charge is 0.394 e. The Morgan fingerprint density at radius 3 is 1.91 bits per heavy atom. The fourth-order valence-electron chi connectivity index (χ4n) is 13.5. The number of hydrogen-bond acceptors (Lipinski definition) is 15. The second-order valence-corrected chi connectivity index (χ2v) is 20.3. The normalized spacial score (nSPS) is 52.6. The van der Waals surface area contributed by atoms with Crippen LogP contribution in [0.1, 0.15) is 99.8 Å². The number of rotatable bonds is 11. The predicted molar refractivity (Wildman–Crippen MR) is 204 cm³/mol. The second-order valence-electron chi connectivity index (χ2n) is 20.3. The number of aliphatic hydroxyl groups excluding tert-OH is 11. The molecule has 330 valence electrons. The third-order valence-electron chi connectivity index (χ3n) is 16.9. The van der Waals surface area contributed by atoms with Crippen LogP contribution in [0.5, 0.6) is 0 Å². The van der Waals surface area contributed by atoms with Crippen molar-refractivity contribution in [3.63, 3.8) is 0 Å². The smallest absolute Gasteiger partial charge is 0.187 e. The lowest BCUT2D eigenvalue weighted by Crippen LogP contribution is -2.71. The van der Waals surface area contributed by atoms with E-state index >= 15 is 0 Å². The number of hydrogen-bond donors (Lipinski definition) is 11. The highest BCUT2D eigenvalue weighted by molar-refractivity contribution is 5.22. The predicted octanol–water partition coefficient (Wildman–Crippen LogP) is 0.0906. The molecule has 15 nitrogen and oxygen atoms in total. The molecule has 11 N–H and O–H groups in total. The summed E-state index contributed by atoms with van der Waals surface area (Å²) in [5.74, 6) is -1.08. The van der Waals surface area contributed by atoms with Crippen LogP contribution in [-0.2, 0) is 18.9 Å². The third kappa shape index (κ3) is 7.29. The van der Waals surface area contributed by atoms with Crippen LogP contribution in [-0.4, -0.2) is 161 Å². The number of ether oxygens (including phenoxy) is 4. The van der Waals surface area contributed by atoms with E-state index in [4.69, 9.17) is 18.9 Å². The SMILES string of the molecule is C=C(C)[C@H](O)CC[C@](C)(O[C@@H]1O[C@H](CO)[C@@H](O)[C@H](O)[C@H]1O)[C@H]1CC[C@]2(C)[C@@H]1[C@H](O)C[C@@H]1[C@@]3(C)CC[C@H](O)C(C)(C)[C@@H]3[C@@H](O[C@@H]3O[C@H](CO)[C@@H](O)[C@H](O)[C@H]3O)C[C@]12C. The van der Waals surface area contributed by atoms with Gasteiger partial charge in [0.2, 0.25) is 0 Å². The van der Waals surface area contributed by atoms with Gasteiger partial charge in [0, 0.05) is 0 Å². The topological polar surface area (TPSA) is 259 Å². The fourth-order valence-corrected chi connectivity index (χ4v) is 13.5. The lowest BCUT2D eigenvalue weighted by molar-refractivity contribution is -0.349. The molecular weight excluding hydrogens is 744 g/mol. The van der Waals surface area contributed by atoms with Crippen molar-refractivity contribution in [2.24, 2.45) is 45.3 Å². The quantitative estimate of drug-likeness (QED) is 0.0976. The van der Waals surface area contributed by atoms with Crippen molar-refractivity contribution < 1.29 is 75.1 Å². The molecule has 4 aliphatic carbocycles. The van der Waals surface area contributed by atoms with Crippen LogP contribution in [0.15, 0.2) is 12.2 Å². The summed E-state index contributed by atoms with van der Waals surface area (Å²) in [6, 6.07) is 0. The highest BCUT2D eigenvalue weighted by Gasteiger charge is 2.74. The lowest BCUT2D eigenvalue weighted by Gasteiger charge is -2.72. The van der Waals surface area contributed by atoms with E-state index in [1.165, 1.54) is 0 Å². The van der Waals surface area contributed by atoms with Crippen molar-refractivity contribution in [3.05, 3.63) is 12.2 Å². The van der Waals surface area contributed by atoms with Crippen molar-refractivity contribution in [2.75, 3.05) is 13.2 Å². The maximum Gasteiger partial charge on any atom is 0.187 e. The minimum absolute atomic E-state index is 0.0470. The average Bonchev–Trinajstić information content (AvgIpc) is 3.54. The van der Waals surface area contributed by atoms with Crippen molar-refractivity contribution >= 4 is 0 Å². The molecular formula is C42H72O15. The zero-order valence-electron chi connectivity index (χ0n) is 34.7. The summed E-state index contributed by atoms with van der Waals surface area (Å²) in [5.41, 5.74) is -2.86. The lowest BCUT2D eigenvalue weighted by atomic mass is 9.34. The van der Waals surface area contributed by atoms with Gasteiger partial charge in [0.1, 0.15) is 48.8 Å². The summed E-state index contributed by atoms with van der Waals surface area (Å²) in [6.07, 6.45) is -14.0. The molecule has 57 heavy (non-hydrogen) atoms. The van der Waals surface area contributed by atoms with Crippen LogP contribution in [0.3, 0.4) is 0 Å². The van der Waals surface area contributed by atoms with E-state index in [1.807, 2.05) is 20.8 Å². The molecule has 0 amide bonds. The Balaban J connectivity index is 1.39. The van der Waals surface area contributed by atoms with E-state index < -0.39 is 126 Å². The molecule has 0 unspecified atom stereocenters. The van der Waals surface area contributed by atoms with Gasteiger partial charge in [-0.3, -0.25) is 0 Å². The summed E-state index contributed by atoms with van der Waals surface area (Å²) in [6.45, 7) is 17.0. The zero-order valence-corrected chi connectivity index (χ0v) is 34.7. The fraction of sp³-hybridized carbons (Fsp3) is 0.952. The molecule has 22 atom stereocenters.